The SMILES string of the molecule is CCC(NC(=O)N1C(=O)[C@H](Cc2ccnc(N)c2)[C@H]1C(=O)N(C)c1ncccn1)c1cccc(Cl)c1. The summed E-state index contributed by atoms with van der Waals surface area (Å²) in [6, 6.07) is 10.0. The summed E-state index contributed by atoms with van der Waals surface area (Å²) in [6.45, 7) is 1.91. The predicted molar refractivity (Wildman–Crippen MR) is 135 cm³/mol. The lowest BCUT2D eigenvalue weighted by atomic mass is 9.81. The molecule has 3 heterocycles. The van der Waals surface area contributed by atoms with Crippen LogP contribution in [0.15, 0.2) is 61.1 Å². The number of nitrogen functional groups attached to an aromatic ring is 1. The number of nitrogens with zero attached hydrogens (tertiary/aromatic N) is 5. The minimum atomic E-state index is -1.04. The van der Waals surface area contributed by atoms with Crippen LogP contribution in [0.1, 0.15) is 30.5 Å². The van der Waals surface area contributed by atoms with Gasteiger partial charge in [0.05, 0.1) is 12.0 Å². The fourth-order valence-electron chi connectivity index (χ4n) is 4.26. The van der Waals surface area contributed by atoms with E-state index < -0.39 is 35.8 Å². The minimum Gasteiger partial charge on any atom is -0.384 e. The van der Waals surface area contributed by atoms with Crippen molar-refractivity contribution in [3.05, 3.63) is 77.2 Å². The number of nitrogens with one attached hydrogen (secondary N) is 1. The average Bonchev–Trinajstić information content (AvgIpc) is 2.88. The van der Waals surface area contributed by atoms with Gasteiger partial charge in [0.25, 0.3) is 5.91 Å². The average molecular weight is 508 g/mol. The molecule has 36 heavy (non-hydrogen) atoms. The second kappa shape index (κ2) is 10.7. The second-order valence-electron chi connectivity index (χ2n) is 8.46. The van der Waals surface area contributed by atoms with Crippen LogP contribution in [-0.2, 0) is 16.0 Å². The fourth-order valence-corrected chi connectivity index (χ4v) is 4.45. The number of halogens is 1. The first kappa shape index (κ1) is 25.1. The van der Waals surface area contributed by atoms with Crippen molar-refractivity contribution in [1.29, 1.82) is 0 Å². The van der Waals surface area contributed by atoms with Crippen LogP contribution in [0, 0.1) is 5.92 Å². The number of amides is 4. The molecule has 3 aromatic rings. The third-order valence-corrected chi connectivity index (χ3v) is 6.36. The lowest BCUT2D eigenvalue weighted by molar-refractivity contribution is -0.156. The largest absolute Gasteiger partial charge is 0.384 e. The van der Waals surface area contributed by atoms with Gasteiger partial charge < -0.3 is 11.1 Å². The van der Waals surface area contributed by atoms with Gasteiger partial charge in [0.1, 0.15) is 11.9 Å². The molecule has 3 atom stereocenters. The number of β-lactam (4-membered cyclic amide) rings is 1. The van der Waals surface area contributed by atoms with Gasteiger partial charge in [-0.2, -0.15) is 0 Å². The van der Waals surface area contributed by atoms with E-state index in [-0.39, 0.29) is 12.4 Å². The van der Waals surface area contributed by atoms with Gasteiger partial charge >= 0.3 is 6.03 Å². The Morgan fingerprint density at radius 2 is 1.89 bits per heavy atom. The number of likely N-dealkylation sites (N-methyl/N-ethyl adjacent to an activating group) is 1. The van der Waals surface area contributed by atoms with E-state index in [4.69, 9.17) is 17.3 Å². The lowest BCUT2D eigenvalue weighted by Gasteiger charge is -2.45. The van der Waals surface area contributed by atoms with Crippen LogP contribution in [0.5, 0.6) is 0 Å². The molecule has 186 valence electrons. The zero-order valence-corrected chi connectivity index (χ0v) is 20.6. The third kappa shape index (κ3) is 5.13. The highest BCUT2D eigenvalue weighted by atomic mass is 35.5. The number of anilines is 2. The first-order valence-corrected chi connectivity index (χ1v) is 11.8. The summed E-state index contributed by atoms with van der Waals surface area (Å²) < 4.78 is 0. The van der Waals surface area contributed by atoms with E-state index in [9.17, 15) is 14.4 Å². The van der Waals surface area contributed by atoms with Crippen molar-refractivity contribution in [2.45, 2.75) is 31.8 Å². The maximum absolute atomic E-state index is 13.5. The minimum absolute atomic E-state index is 0.166. The molecule has 1 saturated heterocycles. The molecule has 0 aliphatic carbocycles. The highest BCUT2D eigenvalue weighted by Crippen LogP contribution is 2.33. The number of benzene rings is 1. The third-order valence-electron chi connectivity index (χ3n) is 6.13. The molecule has 10 nitrogen and oxygen atoms in total. The van der Waals surface area contributed by atoms with Crippen LogP contribution in [-0.4, -0.2) is 50.8 Å². The Bertz CT molecular complexity index is 1270. The van der Waals surface area contributed by atoms with Gasteiger partial charge in [-0.1, -0.05) is 30.7 Å². The molecule has 4 amide bonds. The summed E-state index contributed by atoms with van der Waals surface area (Å²) in [5, 5.41) is 3.41. The normalized spacial score (nSPS) is 17.8. The van der Waals surface area contributed by atoms with E-state index in [2.05, 4.69) is 20.3 Å². The molecular weight excluding hydrogens is 482 g/mol. The summed E-state index contributed by atoms with van der Waals surface area (Å²) in [6.07, 6.45) is 5.34. The van der Waals surface area contributed by atoms with Crippen LogP contribution in [0.2, 0.25) is 5.02 Å². The van der Waals surface area contributed by atoms with Gasteiger partial charge in [0.2, 0.25) is 11.9 Å². The molecule has 4 rings (SSSR count). The van der Waals surface area contributed by atoms with Crippen molar-refractivity contribution >= 4 is 41.2 Å². The van der Waals surface area contributed by atoms with Crippen LogP contribution in [0.3, 0.4) is 0 Å². The number of imide groups is 1. The van der Waals surface area contributed by atoms with Crippen LogP contribution >= 0.6 is 11.6 Å². The highest BCUT2D eigenvalue weighted by molar-refractivity contribution is 6.30. The summed E-state index contributed by atoms with van der Waals surface area (Å²) in [5.74, 6) is -1.22. The summed E-state index contributed by atoms with van der Waals surface area (Å²) in [4.78, 5) is 54.5. The Hall–Kier alpha value is -4.05. The lowest BCUT2D eigenvalue weighted by Crippen LogP contribution is -2.70. The Labute approximate surface area is 213 Å². The standard InChI is InChI=1S/C25H26ClN7O3/c1-3-19(16-6-4-7-17(26)14-16)31-25(36)33-21(23(35)32(2)24-29-9-5-10-30-24)18(22(33)34)12-15-8-11-28-20(27)13-15/h4-11,13-14,18-19,21H,3,12H2,1-2H3,(H2,27,28)(H,31,36)/t18-,19?,21+/m1/s1. The van der Waals surface area contributed by atoms with Gasteiger partial charge in [-0.25, -0.2) is 19.7 Å². The number of aromatic nitrogens is 3. The molecule has 1 aromatic carbocycles. The molecule has 0 saturated carbocycles. The van der Waals surface area contributed by atoms with E-state index in [0.717, 1.165) is 16.0 Å². The van der Waals surface area contributed by atoms with Crippen molar-refractivity contribution in [2.75, 3.05) is 17.7 Å². The Morgan fingerprint density at radius 3 is 2.56 bits per heavy atom. The topological polar surface area (TPSA) is 134 Å². The van der Waals surface area contributed by atoms with Crippen molar-refractivity contribution < 1.29 is 14.4 Å². The number of nitrogens with two attached hydrogens (primary N) is 1. The van der Waals surface area contributed by atoms with Crippen molar-refractivity contribution in [3.63, 3.8) is 0 Å². The quantitative estimate of drug-likeness (QED) is 0.469. The Morgan fingerprint density at radius 1 is 1.14 bits per heavy atom. The first-order chi connectivity index (χ1) is 17.3. The number of likely N-dealkylation sites (tertiary alicyclic amines) is 1. The molecular formula is C25H26ClN7O3. The molecule has 1 aliphatic rings. The van der Waals surface area contributed by atoms with Crippen molar-refractivity contribution in [3.8, 4) is 0 Å². The molecule has 1 unspecified atom stereocenters. The second-order valence-corrected chi connectivity index (χ2v) is 8.90. The molecule has 1 aliphatic heterocycles. The fraction of sp³-hybridized carbons (Fsp3) is 0.280. The number of hydrogen-bond donors (Lipinski definition) is 2. The number of hydrogen-bond acceptors (Lipinski definition) is 7. The predicted octanol–water partition coefficient (Wildman–Crippen LogP) is 3.00. The molecule has 3 N–H and O–H groups in total. The van der Waals surface area contributed by atoms with Crippen molar-refractivity contribution in [2.24, 2.45) is 5.92 Å². The van der Waals surface area contributed by atoms with Crippen LogP contribution < -0.4 is 16.0 Å². The Kier molecular flexibility index (Phi) is 7.44. The molecule has 0 spiro atoms. The van der Waals surface area contributed by atoms with E-state index in [1.165, 1.54) is 30.5 Å². The van der Waals surface area contributed by atoms with Crippen LogP contribution in [0.4, 0.5) is 16.6 Å². The first-order valence-electron chi connectivity index (χ1n) is 11.4. The number of carbonyl (C=O) groups is 3. The highest BCUT2D eigenvalue weighted by Gasteiger charge is 2.55. The van der Waals surface area contributed by atoms with Crippen LogP contribution in [0.25, 0.3) is 0 Å². The zero-order chi connectivity index (χ0) is 25.8. The monoisotopic (exact) mass is 507 g/mol. The summed E-state index contributed by atoms with van der Waals surface area (Å²) in [5.41, 5.74) is 7.32. The number of pyridine rings is 1. The van der Waals surface area contributed by atoms with Gasteiger partial charge in [0, 0.05) is 30.7 Å². The molecule has 2 aromatic heterocycles. The Balaban J connectivity index is 1.60. The molecule has 0 radical (unpaired) electrons. The zero-order valence-electron chi connectivity index (χ0n) is 19.8. The number of rotatable bonds is 7. The smallest absolute Gasteiger partial charge is 0.325 e. The molecule has 1 fully saturated rings. The molecule has 0 bridgehead atoms. The van der Waals surface area contributed by atoms with Gasteiger partial charge in [-0.05, 0) is 54.3 Å². The number of carbonyl (C=O) groups excluding carboxylic acids is 3. The van der Waals surface area contributed by atoms with E-state index in [1.807, 2.05) is 13.0 Å². The van der Waals surface area contributed by atoms with Crippen molar-refractivity contribution in [1.82, 2.24) is 25.2 Å². The van der Waals surface area contributed by atoms with E-state index in [1.54, 1.807) is 36.4 Å². The molecule has 11 heteroatoms. The maximum Gasteiger partial charge on any atom is 0.325 e. The number of urea groups is 1. The van der Waals surface area contributed by atoms with Gasteiger partial charge in [-0.3, -0.25) is 19.4 Å². The maximum atomic E-state index is 13.5. The van der Waals surface area contributed by atoms with E-state index >= 15 is 0 Å². The summed E-state index contributed by atoms with van der Waals surface area (Å²) in [7, 11) is 1.51. The van der Waals surface area contributed by atoms with Gasteiger partial charge in [-0.15, -0.1) is 0 Å². The van der Waals surface area contributed by atoms with E-state index in [0.29, 0.717) is 17.3 Å². The van der Waals surface area contributed by atoms with Gasteiger partial charge in [0.15, 0.2) is 0 Å². The summed E-state index contributed by atoms with van der Waals surface area (Å²) >= 11 is 6.12.